The van der Waals surface area contributed by atoms with E-state index in [2.05, 4.69) is 115 Å². The van der Waals surface area contributed by atoms with E-state index in [0.29, 0.717) is 13.2 Å². The molecule has 0 saturated carbocycles. The fraction of sp³-hybridized carbons (Fsp3) is 0.795. The van der Waals surface area contributed by atoms with Gasteiger partial charge in [0.2, 0.25) is 0 Å². The van der Waals surface area contributed by atoms with Crippen molar-refractivity contribution in [2.75, 3.05) is 26.9 Å². The minimum absolute atomic E-state index is 0.0320. The number of carbonyl (C=O) groups excluding carboxylic acids is 2. The summed E-state index contributed by atoms with van der Waals surface area (Å²) in [5, 5.41) is -0.247. The van der Waals surface area contributed by atoms with Crippen LogP contribution in [0.1, 0.15) is 81.7 Å². The number of Topliss-reactive ketones (excluding diaryl/α,β-unsaturated/α-hetero) is 1. The van der Waals surface area contributed by atoms with Crippen molar-refractivity contribution >= 4 is 37.0 Å². The van der Waals surface area contributed by atoms with Gasteiger partial charge in [0.15, 0.2) is 30.7 Å². The smallest absolute Gasteiger partial charge is 0.192 e. The number of carbonyl (C=O) groups is 2. The monoisotopic (exact) mass is 752 g/mol. The molecule has 2 rings (SSSR count). The van der Waals surface area contributed by atoms with E-state index >= 15 is 0 Å². The highest BCUT2D eigenvalue weighted by Gasteiger charge is 2.64. The Morgan fingerprint density at radius 2 is 1.30 bits per heavy atom. The Labute approximate surface area is 308 Å². The van der Waals surface area contributed by atoms with E-state index in [1.807, 2.05) is 24.3 Å². The van der Waals surface area contributed by atoms with Crippen LogP contribution in [0, 0.1) is 17.8 Å². The number of hydrogen-bond donors (Lipinski definition) is 0. The van der Waals surface area contributed by atoms with Gasteiger partial charge in [0.1, 0.15) is 17.6 Å². The Hall–Kier alpha value is -1.19. The van der Waals surface area contributed by atoms with E-state index in [0.717, 1.165) is 17.6 Å². The van der Waals surface area contributed by atoms with Gasteiger partial charge in [-0.2, -0.15) is 0 Å². The van der Waals surface area contributed by atoms with Crippen molar-refractivity contribution < 1.29 is 37.1 Å². The zero-order chi connectivity index (χ0) is 38.7. The predicted molar refractivity (Wildman–Crippen MR) is 212 cm³/mol. The molecule has 1 aliphatic heterocycles. The summed E-state index contributed by atoms with van der Waals surface area (Å²) in [6.07, 6.45) is -0.0546. The number of rotatable bonds is 19. The van der Waals surface area contributed by atoms with Gasteiger partial charge in [0.25, 0.3) is 0 Å². The van der Waals surface area contributed by atoms with E-state index in [4.69, 9.17) is 27.5 Å². The molecule has 1 fully saturated rings. The second kappa shape index (κ2) is 16.4. The topological polar surface area (TPSA) is 92.8 Å². The molecule has 8 nitrogen and oxygen atoms in total. The van der Waals surface area contributed by atoms with Crippen LogP contribution in [0.5, 0.6) is 5.75 Å². The van der Waals surface area contributed by atoms with Gasteiger partial charge < -0.3 is 32.3 Å². The number of ketones is 1. The zero-order valence-corrected chi connectivity index (χ0v) is 37.9. The molecule has 0 N–H and O–H groups in total. The highest BCUT2D eigenvalue weighted by atomic mass is 28.4. The van der Waals surface area contributed by atoms with Crippen LogP contribution in [-0.4, -0.2) is 81.8 Å². The molecule has 0 aromatic heterocycles. The summed E-state index contributed by atoms with van der Waals surface area (Å²) in [6, 6.07) is 7.86. The van der Waals surface area contributed by atoms with Crippen LogP contribution in [0.3, 0.4) is 0 Å². The molecule has 0 amide bonds. The van der Waals surface area contributed by atoms with Gasteiger partial charge >= 0.3 is 0 Å². The summed E-state index contributed by atoms with van der Waals surface area (Å²) in [5.41, 5.74) is 0.286. The minimum Gasteiger partial charge on any atom is -0.497 e. The summed E-state index contributed by atoms with van der Waals surface area (Å²) in [6.45, 7) is 38.1. The van der Waals surface area contributed by atoms with Crippen LogP contribution < -0.4 is 4.74 Å². The van der Waals surface area contributed by atoms with Gasteiger partial charge in [-0.3, -0.25) is 4.79 Å². The van der Waals surface area contributed by atoms with Gasteiger partial charge in [0, 0.05) is 12.5 Å². The molecule has 0 bridgehead atoms. The number of benzene rings is 1. The van der Waals surface area contributed by atoms with Gasteiger partial charge in [-0.15, -0.1) is 0 Å². The summed E-state index contributed by atoms with van der Waals surface area (Å²) in [4.78, 5) is 27.5. The van der Waals surface area contributed by atoms with Crippen LogP contribution in [0.25, 0.3) is 0 Å². The van der Waals surface area contributed by atoms with E-state index in [1.54, 1.807) is 7.11 Å². The maximum atomic E-state index is 14.8. The van der Waals surface area contributed by atoms with Crippen molar-refractivity contribution in [3.63, 3.8) is 0 Å². The summed E-state index contributed by atoms with van der Waals surface area (Å²) in [7, 11) is -5.30. The second-order valence-electron chi connectivity index (χ2n) is 19.3. The third-order valence-electron chi connectivity index (χ3n) is 12.1. The lowest BCUT2D eigenvalue weighted by Gasteiger charge is -2.44. The third-order valence-corrected chi connectivity index (χ3v) is 25.6. The Kier molecular flexibility index (Phi) is 14.8. The van der Waals surface area contributed by atoms with Crippen LogP contribution >= 0.6 is 0 Å². The fourth-order valence-corrected chi connectivity index (χ4v) is 8.67. The van der Waals surface area contributed by atoms with Crippen molar-refractivity contribution in [3.05, 3.63) is 29.8 Å². The standard InChI is InChI=1S/C39H72O8Si3/c1-28(24-43-25-29-19-21-31(42-12)22-20-29)34-39(11,46-34)35(47-50(17,18)38(8,9)10)32(27-45-49(15,16)37(5,6)7)33(41)30(23-40)26-44-48(13,14)36(2,3)4/h19-23,28,30,32,34-35H,24-27H2,1-18H3/t28-,30+,32-,34+,35-,39+/m0/s1. The van der Waals surface area contributed by atoms with E-state index in [1.165, 1.54) is 0 Å². The largest absolute Gasteiger partial charge is 0.497 e. The molecule has 50 heavy (non-hydrogen) atoms. The lowest BCUT2D eigenvalue weighted by atomic mass is 9.81. The highest BCUT2D eigenvalue weighted by molar-refractivity contribution is 6.75. The van der Waals surface area contributed by atoms with Crippen LogP contribution in [0.4, 0.5) is 0 Å². The maximum Gasteiger partial charge on any atom is 0.192 e. The predicted octanol–water partition coefficient (Wildman–Crippen LogP) is 9.44. The van der Waals surface area contributed by atoms with Gasteiger partial charge in [0.05, 0.1) is 51.0 Å². The first-order chi connectivity index (χ1) is 22.5. The van der Waals surface area contributed by atoms with Crippen molar-refractivity contribution in [1.29, 1.82) is 0 Å². The quantitative estimate of drug-likeness (QED) is 0.0598. The first kappa shape index (κ1) is 45.0. The average molecular weight is 753 g/mol. The molecular weight excluding hydrogens is 681 g/mol. The lowest BCUT2D eigenvalue weighted by Crippen LogP contribution is -2.56. The van der Waals surface area contributed by atoms with Crippen molar-refractivity contribution in [3.8, 4) is 5.75 Å². The molecule has 1 aromatic carbocycles. The first-order valence-corrected chi connectivity index (χ1v) is 27.1. The maximum absolute atomic E-state index is 14.8. The number of hydrogen-bond acceptors (Lipinski definition) is 8. The van der Waals surface area contributed by atoms with Crippen molar-refractivity contribution in [2.24, 2.45) is 17.8 Å². The summed E-state index contributed by atoms with van der Waals surface area (Å²) in [5.74, 6) is -1.01. The number of aldehydes is 1. The first-order valence-electron chi connectivity index (χ1n) is 18.4. The van der Waals surface area contributed by atoms with Crippen LogP contribution in [0.2, 0.25) is 54.4 Å². The molecule has 0 spiro atoms. The fourth-order valence-electron chi connectivity index (χ4n) is 5.23. The van der Waals surface area contributed by atoms with E-state index < -0.39 is 48.5 Å². The van der Waals surface area contributed by atoms with Gasteiger partial charge in [-0.25, -0.2) is 0 Å². The highest BCUT2D eigenvalue weighted by Crippen LogP contribution is 2.51. The van der Waals surface area contributed by atoms with E-state index in [9.17, 15) is 9.59 Å². The molecule has 288 valence electrons. The third kappa shape index (κ3) is 11.2. The molecule has 0 aliphatic carbocycles. The van der Waals surface area contributed by atoms with E-state index in [-0.39, 0.29) is 46.1 Å². The molecule has 11 heteroatoms. The normalized spacial score (nSPS) is 21.7. The molecule has 6 atom stereocenters. The number of epoxide rings is 1. The second-order valence-corrected chi connectivity index (χ2v) is 33.6. The Morgan fingerprint density at radius 3 is 1.74 bits per heavy atom. The lowest BCUT2D eigenvalue weighted by molar-refractivity contribution is -0.137. The molecule has 1 saturated heterocycles. The molecule has 0 unspecified atom stereocenters. The van der Waals surface area contributed by atoms with Gasteiger partial charge in [-0.05, 0) is 79.0 Å². The molecule has 0 radical (unpaired) electrons. The van der Waals surface area contributed by atoms with Crippen LogP contribution in [-0.2, 0) is 38.9 Å². The summed E-state index contributed by atoms with van der Waals surface area (Å²) < 4.78 is 38.6. The molecule has 1 aromatic rings. The van der Waals surface area contributed by atoms with Crippen LogP contribution in [0.15, 0.2) is 24.3 Å². The molecular formula is C39H72O8Si3. The Morgan fingerprint density at radius 1 is 0.820 bits per heavy atom. The Balaban J connectivity index is 2.50. The van der Waals surface area contributed by atoms with Crippen molar-refractivity contribution in [1.82, 2.24) is 0 Å². The molecule has 1 heterocycles. The number of methoxy groups -OCH3 is 1. The minimum atomic E-state index is -2.45. The zero-order valence-electron chi connectivity index (χ0n) is 34.9. The van der Waals surface area contributed by atoms with Crippen molar-refractivity contribution in [2.45, 2.75) is 155 Å². The SMILES string of the molecule is COc1ccc(COC[C@H](C)[C@H]2O[C@@]2(C)[C@@H](O[Si](C)(C)C(C)(C)C)[C@@H](CO[Si](C)(C)C(C)(C)C)C(=O)[C@H](C=O)CO[Si](C)(C)C(C)(C)C)cc1. The number of ether oxygens (including phenoxy) is 3. The molecule has 1 aliphatic rings. The summed E-state index contributed by atoms with van der Waals surface area (Å²) >= 11 is 0. The average Bonchev–Trinajstić information content (AvgIpc) is 3.67. The Bertz CT molecular complexity index is 1260. The van der Waals surface area contributed by atoms with Gasteiger partial charge in [-0.1, -0.05) is 81.4 Å².